The molecule has 2 amide bonds. The molecule has 0 bridgehead atoms. The highest BCUT2D eigenvalue weighted by molar-refractivity contribution is 6.05. The molecule has 0 aliphatic carbocycles. The van der Waals surface area contributed by atoms with Crippen molar-refractivity contribution in [1.82, 2.24) is 15.3 Å². The molecule has 0 saturated heterocycles. The molecule has 0 aliphatic heterocycles. The molecular formula is C22H22N4O3. The average molecular weight is 390 g/mol. The molecule has 148 valence electrons. The van der Waals surface area contributed by atoms with Crippen molar-refractivity contribution in [2.45, 2.75) is 26.5 Å². The summed E-state index contributed by atoms with van der Waals surface area (Å²) < 4.78 is 5.59. The number of benzene rings is 1. The van der Waals surface area contributed by atoms with E-state index in [9.17, 15) is 9.59 Å². The van der Waals surface area contributed by atoms with Crippen LogP contribution in [0.2, 0.25) is 0 Å². The third kappa shape index (κ3) is 5.87. The molecule has 0 aliphatic rings. The second kappa shape index (κ2) is 9.45. The van der Waals surface area contributed by atoms with Gasteiger partial charge in [0.1, 0.15) is 5.75 Å². The number of nitrogens with one attached hydrogen (secondary N) is 2. The normalized spacial score (nSPS) is 10.4. The number of nitrogens with zero attached hydrogens (tertiary/aromatic N) is 2. The van der Waals surface area contributed by atoms with Gasteiger partial charge in [0.25, 0.3) is 11.8 Å². The summed E-state index contributed by atoms with van der Waals surface area (Å²) in [6.45, 7) is 4.26. The molecule has 0 spiro atoms. The molecule has 0 unspecified atom stereocenters. The molecule has 2 aromatic heterocycles. The van der Waals surface area contributed by atoms with Crippen molar-refractivity contribution in [2.75, 3.05) is 5.32 Å². The highest BCUT2D eigenvalue weighted by Crippen LogP contribution is 2.17. The van der Waals surface area contributed by atoms with Crippen LogP contribution in [0.4, 0.5) is 5.69 Å². The number of ether oxygens (including phenoxy) is 1. The Morgan fingerprint density at radius 1 is 0.931 bits per heavy atom. The highest BCUT2D eigenvalue weighted by atomic mass is 16.5. The molecule has 7 heteroatoms. The quantitative estimate of drug-likeness (QED) is 0.645. The van der Waals surface area contributed by atoms with Crippen molar-refractivity contribution in [1.29, 1.82) is 0 Å². The molecule has 0 radical (unpaired) electrons. The Balaban J connectivity index is 1.62. The zero-order chi connectivity index (χ0) is 20.6. The number of carbonyl (C=O) groups excluding carboxylic acids is 2. The number of anilines is 1. The minimum atomic E-state index is -0.348. The van der Waals surface area contributed by atoms with Crippen LogP contribution in [0.15, 0.2) is 67.3 Å². The van der Waals surface area contributed by atoms with E-state index in [2.05, 4.69) is 20.6 Å². The van der Waals surface area contributed by atoms with Gasteiger partial charge in [0.05, 0.1) is 17.2 Å². The summed E-state index contributed by atoms with van der Waals surface area (Å²) in [6, 6.07) is 12.2. The van der Waals surface area contributed by atoms with E-state index in [-0.39, 0.29) is 17.9 Å². The first-order valence-electron chi connectivity index (χ1n) is 9.21. The van der Waals surface area contributed by atoms with Crippen LogP contribution in [-0.4, -0.2) is 27.9 Å². The molecule has 2 N–H and O–H groups in total. The van der Waals surface area contributed by atoms with E-state index in [1.165, 1.54) is 18.5 Å². The number of hydrogen-bond acceptors (Lipinski definition) is 5. The maximum absolute atomic E-state index is 12.5. The van der Waals surface area contributed by atoms with Gasteiger partial charge in [-0.1, -0.05) is 0 Å². The summed E-state index contributed by atoms with van der Waals surface area (Å²) in [5.41, 5.74) is 2.16. The van der Waals surface area contributed by atoms with E-state index in [0.29, 0.717) is 23.4 Å². The zero-order valence-corrected chi connectivity index (χ0v) is 16.3. The third-order valence-electron chi connectivity index (χ3n) is 3.95. The smallest absolute Gasteiger partial charge is 0.257 e. The summed E-state index contributed by atoms with van der Waals surface area (Å²) in [4.78, 5) is 32.8. The lowest BCUT2D eigenvalue weighted by Gasteiger charge is -2.11. The van der Waals surface area contributed by atoms with Crippen molar-refractivity contribution in [3.63, 3.8) is 0 Å². The van der Waals surface area contributed by atoms with E-state index < -0.39 is 0 Å². The second-order valence-electron chi connectivity index (χ2n) is 6.65. The van der Waals surface area contributed by atoms with Gasteiger partial charge in [0, 0.05) is 37.0 Å². The van der Waals surface area contributed by atoms with Crippen LogP contribution in [-0.2, 0) is 6.54 Å². The average Bonchev–Trinajstić information content (AvgIpc) is 2.74. The molecule has 0 atom stereocenters. The Morgan fingerprint density at radius 2 is 1.59 bits per heavy atom. The lowest BCUT2D eigenvalue weighted by Crippen LogP contribution is -2.23. The molecule has 3 rings (SSSR count). The summed E-state index contributed by atoms with van der Waals surface area (Å²) in [5, 5.41) is 5.59. The number of pyridine rings is 2. The van der Waals surface area contributed by atoms with Gasteiger partial charge in [0.2, 0.25) is 0 Å². The lowest BCUT2D eigenvalue weighted by molar-refractivity contribution is 0.0950. The van der Waals surface area contributed by atoms with Crippen LogP contribution >= 0.6 is 0 Å². The minimum absolute atomic E-state index is 0.0777. The summed E-state index contributed by atoms with van der Waals surface area (Å²) in [7, 11) is 0. The fourth-order valence-electron chi connectivity index (χ4n) is 2.57. The van der Waals surface area contributed by atoms with Crippen LogP contribution in [0, 0.1) is 0 Å². The molecule has 7 nitrogen and oxygen atoms in total. The first-order valence-corrected chi connectivity index (χ1v) is 9.21. The number of amides is 2. The molecule has 0 saturated carbocycles. The third-order valence-corrected chi connectivity index (χ3v) is 3.95. The molecular weight excluding hydrogens is 368 g/mol. The fraction of sp³-hybridized carbons (Fsp3) is 0.182. The first kappa shape index (κ1) is 20.0. The second-order valence-corrected chi connectivity index (χ2v) is 6.65. The summed E-state index contributed by atoms with van der Waals surface area (Å²) in [5.74, 6) is 0.0745. The number of carbonyl (C=O) groups is 2. The van der Waals surface area contributed by atoms with E-state index in [0.717, 1.165) is 11.3 Å². The van der Waals surface area contributed by atoms with Crippen molar-refractivity contribution in [3.8, 4) is 5.75 Å². The van der Waals surface area contributed by atoms with Crippen LogP contribution in [0.5, 0.6) is 5.75 Å². The standard InChI is InChI=1S/C22H22N4O3/c1-15(2)29-20-5-3-19(4-6-20)26-22(28)18-11-17(13-24-14-18)21(27)25-12-16-7-9-23-10-8-16/h3-11,13-15H,12H2,1-2H3,(H,25,27)(H,26,28). The molecule has 0 fully saturated rings. The van der Waals surface area contributed by atoms with Crippen molar-refractivity contribution >= 4 is 17.5 Å². The Labute approximate surface area is 169 Å². The number of aromatic nitrogens is 2. The predicted octanol–water partition coefficient (Wildman–Crippen LogP) is 3.45. The van der Waals surface area contributed by atoms with Gasteiger partial charge in [-0.2, -0.15) is 0 Å². The largest absolute Gasteiger partial charge is 0.491 e. The van der Waals surface area contributed by atoms with E-state index in [4.69, 9.17) is 4.74 Å². The molecule has 3 aromatic rings. The maximum atomic E-state index is 12.5. The van der Waals surface area contributed by atoms with Crippen LogP contribution in [0.1, 0.15) is 40.1 Å². The molecule has 2 heterocycles. The van der Waals surface area contributed by atoms with Gasteiger partial charge in [-0.3, -0.25) is 19.6 Å². The van der Waals surface area contributed by atoms with Crippen molar-refractivity contribution in [3.05, 3.63) is 83.9 Å². The van der Waals surface area contributed by atoms with Crippen LogP contribution in [0.3, 0.4) is 0 Å². The predicted molar refractivity (Wildman–Crippen MR) is 110 cm³/mol. The Hall–Kier alpha value is -3.74. The topological polar surface area (TPSA) is 93.2 Å². The monoisotopic (exact) mass is 390 g/mol. The van der Waals surface area contributed by atoms with Gasteiger partial charge in [0.15, 0.2) is 0 Å². The van der Waals surface area contributed by atoms with Gasteiger partial charge in [-0.15, -0.1) is 0 Å². The van der Waals surface area contributed by atoms with E-state index in [1.54, 1.807) is 36.7 Å². The number of hydrogen-bond donors (Lipinski definition) is 2. The van der Waals surface area contributed by atoms with Crippen molar-refractivity contribution < 1.29 is 14.3 Å². The first-order chi connectivity index (χ1) is 14.0. The van der Waals surface area contributed by atoms with Crippen molar-refractivity contribution in [2.24, 2.45) is 0 Å². The minimum Gasteiger partial charge on any atom is -0.491 e. The SMILES string of the molecule is CC(C)Oc1ccc(NC(=O)c2cncc(C(=O)NCc3ccncc3)c2)cc1. The Morgan fingerprint density at radius 3 is 2.24 bits per heavy atom. The Kier molecular flexibility index (Phi) is 6.52. The van der Waals surface area contributed by atoms with Crippen LogP contribution in [0.25, 0.3) is 0 Å². The summed E-state index contributed by atoms with van der Waals surface area (Å²) >= 11 is 0. The Bertz CT molecular complexity index is 973. The van der Waals surface area contributed by atoms with E-state index >= 15 is 0 Å². The maximum Gasteiger partial charge on any atom is 0.257 e. The van der Waals surface area contributed by atoms with Gasteiger partial charge >= 0.3 is 0 Å². The summed E-state index contributed by atoms with van der Waals surface area (Å²) in [6.07, 6.45) is 6.25. The van der Waals surface area contributed by atoms with Gasteiger partial charge < -0.3 is 15.4 Å². The number of rotatable bonds is 7. The molecule has 1 aromatic carbocycles. The fourth-order valence-corrected chi connectivity index (χ4v) is 2.57. The van der Waals surface area contributed by atoms with Gasteiger partial charge in [-0.05, 0) is 61.9 Å². The van der Waals surface area contributed by atoms with Gasteiger partial charge in [-0.25, -0.2) is 0 Å². The highest BCUT2D eigenvalue weighted by Gasteiger charge is 2.12. The van der Waals surface area contributed by atoms with Crippen LogP contribution < -0.4 is 15.4 Å². The lowest BCUT2D eigenvalue weighted by atomic mass is 10.1. The zero-order valence-electron chi connectivity index (χ0n) is 16.3. The van der Waals surface area contributed by atoms with E-state index in [1.807, 2.05) is 26.0 Å². The molecule has 29 heavy (non-hydrogen) atoms.